The molecule has 0 unspecified atom stereocenters. The van der Waals surface area contributed by atoms with Crippen LogP contribution in [0.25, 0.3) is 11.6 Å². The largest absolute Gasteiger partial charge is 0.456 e. The molecule has 0 heterocycles. The number of ether oxygens (including phenoxy) is 3. The molecule has 0 radical (unpaired) electrons. The lowest BCUT2D eigenvalue weighted by Gasteiger charge is -2.25. The van der Waals surface area contributed by atoms with Gasteiger partial charge in [0.1, 0.15) is 16.8 Å². The van der Waals surface area contributed by atoms with Gasteiger partial charge in [0.25, 0.3) is 0 Å². The Morgan fingerprint density at radius 1 is 0.615 bits per heavy atom. The monoisotopic (exact) mass is 534 g/mol. The van der Waals surface area contributed by atoms with Crippen molar-refractivity contribution >= 4 is 35.3 Å². The van der Waals surface area contributed by atoms with Crippen molar-refractivity contribution in [2.75, 3.05) is 0 Å². The molecule has 0 spiro atoms. The highest BCUT2D eigenvalue weighted by atomic mass is 16.6. The molecule has 7 heteroatoms. The summed E-state index contributed by atoms with van der Waals surface area (Å²) in [6.45, 7) is 15.2. The van der Waals surface area contributed by atoms with Crippen molar-refractivity contribution in [3.63, 3.8) is 0 Å². The van der Waals surface area contributed by atoms with Crippen LogP contribution in [-0.2, 0) is 23.8 Å². The molecule has 0 aliphatic heterocycles. The predicted octanol–water partition coefficient (Wildman–Crippen LogP) is 6.60. The molecule has 2 aromatic rings. The van der Waals surface area contributed by atoms with Crippen molar-refractivity contribution in [1.29, 1.82) is 0 Å². The molecule has 2 aromatic carbocycles. The van der Waals surface area contributed by atoms with E-state index in [-0.39, 0.29) is 22.3 Å². The van der Waals surface area contributed by atoms with Crippen LogP contribution >= 0.6 is 0 Å². The number of hydrogen-bond acceptors (Lipinski definition) is 7. The van der Waals surface area contributed by atoms with Crippen LogP contribution < -0.4 is 0 Å². The van der Waals surface area contributed by atoms with Crippen molar-refractivity contribution in [2.24, 2.45) is 0 Å². The molecule has 39 heavy (non-hydrogen) atoms. The van der Waals surface area contributed by atoms with Crippen LogP contribution in [0.5, 0.6) is 0 Å². The van der Waals surface area contributed by atoms with E-state index >= 15 is 0 Å². The minimum atomic E-state index is -0.903. The van der Waals surface area contributed by atoms with Crippen molar-refractivity contribution in [3.05, 3.63) is 82.9 Å². The highest BCUT2D eigenvalue weighted by Crippen LogP contribution is 2.29. The second kappa shape index (κ2) is 12.2. The van der Waals surface area contributed by atoms with Crippen molar-refractivity contribution in [3.8, 4) is 0 Å². The number of esters is 3. The maximum atomic E-state index is 13.5. The standard InChI is InChI=1S/C32H38O7/c1-30(2,3)37-27(34)24-17-13-16-23(26(24)29(36)39-32(7,8)9)25(28(35)38-31(4,5)6)20-22(33)19-18-21-14-11-10-12-15-21/h10-20H,1-9H3. The van der Waals surface area contributed by atoms with E-state index < -0.39 is 40.5 Å². The van der Waals surface area contributed by atoms with Gasteiger partial charge >= 0.3 is 17.9 Å². The SMILES string of the molecule is CC(C)(C)OC(=O)C(=CC(=O)C=Cc1ccccc1)c1cccc(C(=O)OC(C)(C)C)c1C(=O)OC(C)(C)C. The molecular formula is C32H38O7. The molecule has 0 fully saturated rings. The van der Waals surface area contributed by atoms with Crippen LogP contribution in [-0.4, -0.2) is 40.5 Å². The lowest BCUT2D eigenvalue weighted by molar-refractivity contribution is -0.147. The summed E-state index contributed by atoms with van der Waals surface area (Å²) in [6, 6.07) is 13.6. The Hall–Kier alpha value is -4.00. The molecule has 0 N–H and O–H groups in total. The quantitative estimate of drug-likeness (QED) is 0.224. The minimum absolute atomic E-state index is 0.0170. The van der Waals surface area contributed by atoms with E-state index in [1.54, 1.807) is 68.4 Å². The van der Waals surface area contributed by atoms with Gasteiger partial charge in [-0.1, -0.05) is 48.5 Å². The number of carbonyl (C=O) groups is 4. The van der Waals surface area contributed by atoms with Crippen molar-refractivity contribution in [2.45, 2.75) is 79.1 Å². The lowest BCUT2D eigenvalue weighted by atomic mass is 9.93. The zero-order valence-corrected chi connectivity index (χ0v) is 24.2. The summed E-state index contributed by atoms with van der Waals surface area (Å²) in [4.78, 5) is 53.0. The second-order valence-electron chi connectivity index (χ2n) is 11.9. The first-order chi connectivity index (χ1) is 17.9. The average molecular weight is 535 g/mol. The molecule has 0 bridgehead atoms. The Balaban J connectivity index is 2.76. The van der Waals surface area contributed by atoms with Crippen molar-refractivity contribution in [1.82, 2.24) is 0 Å². The molecule has 0 saturated heterocycles. The molecule has 0 aliphatic carbocycles. The lowest BCUT2D eigenvalue weighted by Crippen LogP contribution is -2.29. The third kappa shape index (κ3) is 10.3. The Morgan fingerprint density at radius 2 is 1.13 bits per heavy atom. The third-order valence-electron chi connectivity index (χ3n) is 4.72. The number of benzene rings is 2. The molecule has 0 amide bonds. The maximum absolute atomic E-state index is 13.5. The Labute approximate surface area is 230 Å². The van der Waals surface area contributed by atoms with Gasteiger partial charge in [-0.15, -0.1) is 0 Å². The van der Waals surface area contributed by atoms with Crippen LogP contribution in [0.4, 0.5) is 0 Å². The van der Waals surface area contributed by atoms with Gasteiger partial charge < -0.3 is 14.2 Å². The molecule has 0 aliphatic rings. The van der Waals surface area contributed by atoms with Crippen LogP contribution in [0.1, 0.15) is 94.2 Å². The molecule has 0 atom stereocenters. The van der Waals surface area contributed by atoms with E-state index in [9.17, 15) is 19.2 Å². The molecule has 208 valence electrons. The van der Waals surface area contributed by atoms with Crippen molar-refractivity contribution < 1.29 is 33.4 Å². The average Bonchev–Trinajstić information content (AvgIpc) is 2.78. The minimum Gasteiger partial charge on any atom is -0.456 e. The number of hydrogen-bond donors (Lipinski definition) is 0. The van der Waals surface area contributed by atoms with Crippen LogP contribution in [0, 0.1) is 0 Å². The predicted molar refractivity (Wildman–Crippen MR) is 151 cm³/mol. The van der Waals surface area contributed by atoms with Gasteiger partial charge in [-0.2, -0.15) is 0 Å². The fraction of sp³-hybridized carbons (Fsp3) is 0.375. The summed E-state index contributed by atoms with van der Waals surface area (Å²) >= 11 is 0. The van der Waals surface area contributed by atoms with Crippen LogP contribution in [0.15, 0.2) is 60.7 Å². The molecule has 0 aromatic heterocycles. The Morgan fingerprint density at radius 3 is 1.67 bits per heavy atom. The summed E-state index contributed by atoms with van der Waals surface area (Å²) in [6.07, 6.45) is 4.01. The zero-order chi connectivity index (χ0) is 29.6. The summed E-state index contributed by atoms with van der Waals surface area (Å²) < 4.78 is 16.7. The maximum Gasteiger partial charge on any atom is 0.340 e. The van der Waals surface area contributed by atoms with Gasteiger partial charge in [0.05, 0.1) is 16.7 Å². The first-order valence-electron chi connectivity index (χ1n) is 12.7. The number of allylic oxidation sites excluding steroid dienone is 2. The molecule has 2 rings (SSSR count). The Bertz CT molecular complexity index is 1280. The fourth-order valence-corrected chi connectivity index (χ4v) is 3.34. The first kappa shape index (κ1) is 31.2. The Kier molecular flexibility index (Phi) is 9.80. The normalized spacial score (nSPS) is 12.7. The van der Waals surface area contributed by atoms with Crippen LogP contribution in [0.3, 0.4) is 0 Å². The van der Waals surface area contributed by atoms with E-state index in [0.29, 0.717) is 0 Å². The topological polar surface area (TPSA) is 96.0 Å². The van der Waals surface area contributed by atoms with Gasteiger partial charge in [-0.3, -0.25) is 4.79 Å². The smallest absolute Gasteiger partial charge is 0.340 e. The number of ketones is 1. The molecule has 7 nitrogen and oxygen atoms in total. The molecule has 0 saturated carbocycles. The molecular weight excluding hydrogens is 496 g/mol. The highest BCUT2D eigenvalue weighted by Gasteiger charge is 2.32. The fourth-order valence-electron chi connectivity index (χ4n) is 3.34. The summed E-state index contributed by atoms with van der Waals surface area (Å²) in [7, 11) is 0. The van der Waals surface area contributed by atoms with E-state index in [1.807, 2.05) is 30.3 Å². The van der Waals surface area contributed by atoms with Gasteiger partial charge in [0.15, 0.2) is 5.78 Å². The summed E-state index contributed by atoms with van der Waals surface area (Å²) in [5.74, 6) is -2.97. The van der Waals surface area contributed by atoms with Gasteiger partial charge in [-0.05, 0) is 80.0 Å². The highest BCUT2D eigenvalue weighted by molar-refractivity contribution is 6.25. The van der Waals surface area contributed by atoms with E-state index in [2.05, 4.69) is 0 Å². The first-order valence-corrected chi connectivity index (χ1v) is 12.7. The van der Waals surface area contributed by atoms with E-state index in [1.165, 1.54) is 24.3 Å². The summed E-state index contributed by atoms with van der Waals surface area (Å²) in [5.41, 5.74) is -2.33. The number of rotatable bonds is 7. The van der Waals surface area contributed by atoms with Gasteiger partial charge in [0, 0.05) is 11.6 Å². The van der Waals surface area contributed by atoms with E-state index in [0.717, 1.165) is 11.6 Å². The second-order valence-corrected chi connectivity index (χ2v) is 11.9. The van der Waals surface area contributed by atoms with Crippen LogP contribution in [0.2, 0.25) is 0 Å². The summed E-state index contributed by atoms with van der Waals surface area (Å²) in [5, 5.41) is 0. The van der Waals surface area contributed by atoms with Gasteiger partial charge in [0.2, 0.25) is 0 Å². The number of carbonyl (C=O) groups excluding carboxylic acids is 4. The van der Waals surface area contributed by atoms with E-state index in [4.69, 9.17) is 14.2 Å². The third-order valence-corrected chi connectivity index (χ3v) is 4.72. The zero-order valence-electron chi connectivity index (χ0n) is 24.2. The van der Waals surface area contributed by atoms with Gasteiger partial charge in [-0.25, -0.2) is 14.4 Å².